The van der Waals surface area contributed by atoms with E-state index in [4.69, 9.17) is 6.85 Å². The SMILES string of the molecule is [2H]C1CCC([2H])(C(Cc2ccccn2)C2CCCCC2)C([2H])([2H])C1([2H])[2H]. The summed E-state index contributed by atoms with van der Waals surface area (Å²) in [7, 11) is 0. The molecule has 2 aliphatic rings. The molecule has 0 N–H and O–H groups in total. The molecular formula is C19H29N. The van der Waals surface area contributed by atoms with Crippen LogP contribution < -0.4 is 0 Å². The molecular weight excluding hydrogens is 242 g/mol. The van der Waals surface area contributed by atoms with E-state index in [1.54, 1.807) is 6.20 Å². The molecule has 110 valence electrons. The van der Waals surface area contributed by atoms with Crippen molar-refractivity contribution in [2.75, 3.05) is 0 Å². The Morgan fingerprint density at radius 2 is 2.10 bits per heavy atom. The minimum Gasteiger partial charge on any atom is -0.261 e. The van der Waals surface area contributed by atoms with Gasteiger partial charge in [-0.15, -0.1) is 0 Å². The molecule has 2 aliphatic carbocycles. The fourth-order valence-corrected chi connectivity index (χ4v) is 3.64. The number of nitrogens with zero attached hydrogens (tertiary/aromatic N) is 1. The van der Waals surface area contributed by atoms with E-state index in [0.29, 0.717) is 6.42 Å². The van der Waals surface area contributed by atoms with E-state index in [9.17, 15) is 1.37 Å². The highest BCUT2D eigenvalue weighted by molar-refractivity contribution is 5.05. The Labute approximate surface area is 132 Å². The van der Waals surface area contributed by atoms with E-state index in [-0.39, 0.29) is 24.7 Å². The summed E-state index contributed by atoms with van der Waals surface area (Å²) in [4.78, 5) is 4.40. The molecule has 2 saturated carbocycles. The molecule has 0 aliphatic heterocycles. The number of aromatic nitrogens is 1. The predicted molar refractivity (Wildman–Crippen MR) is 84.6 cm³/mol. The molecule has 3 atom stereocenters. The van der Waals surface area contributed by atoms with Crippen LogP contribution in [0.1, 0.15) is 78.0 Å². The normalized spacial score (nSPS) is 43.1. The van der Waals surface area contributed by atoms with Crippen LogP contribution in [0.4, 0.5) is 0 Å². The second-order valence-electron chi connectivity index (χ2n) is 6.07. The zero-order valence-electron chi connectivity index (χ0n) is 18.1. The highest BCUT2D eigenvalue weighted by atomic mass is 14.7. The fraction of sp³-hybridized carbons (Fsp3) is 0.737. The first-order valence-corrected chi connectivity index (χ1v) is 8.02. The number of hydrogen-bond acceptors (Lipinski definition) is 1. The molecule has 3 rings (SSSR count). The highest BCUT2D eigenvalue weighted by Crippen LogP contribution is 2.41. The summed E-state index contributed by atoms with van der Waals surface area (Å²) in [5.74, 6) is -1.60. The molecule has 0 saturated heterocycles. The summed E-state index contributed by atoms with van der Waals surface area (Å²) in [5.41, 5.74) is 0.846. The third-order valence-corrected chi connectivity index (χ3v) is 4.71. The first kappa shape index (κ1) is 8.56. The monoisotopic (exact) mass is 277 g/mol. The summed E-state index contributed by atoms with van der Waals surface area (Å²) in [6, 6.07) is 5.67. The van der Waals surface area contributed by atoms with Gasteiger partial charge in [0, 0.05) is 20.1 Å². The zero-order valence-corrected chi connectivity index (χ0v) is 12.1. The average molecular weight is 277 g/mol. The fourth-order valence-electron chi connectivity index (χ4n) is 3.64. The minimum atomic E-state index is -2.36. The molecule has 1 aromatic heterocycles. The summed E-state index contributed by atoms with van der Waals surface area (Å²) >= 11 is 0. The lowest BCUT2D eigenvalue weighted by molar-refractivity contribution is 0.142. The molecule has 2 fully saturated rings. The quantitative estimate of drug-likeness (QED) is 0.718. The van der Waals surface area contributed by atoms with Gasteiger partial charge in [0.1, 0.15) is 0 Å². The van der Waals surface area contributed by atoms with Gasteiger partial charge in [-0.25, -0.2) is 0 Å². The standard InChI is InChI=1S/C19H29N/c1-3-9-16(10-4-1)19(17-11-5-2-6-12-17)15-18-13-7-8-14-20-18/h7-8,13-14,16-17,19H,1-6,9-12,15H2/i1D,3D2,9D2,16D. The lowest BCUT2D eigenvalue weighted by Gasteiger charge is -2.38. The van der Waals surface area contributed by atoms with Gasteiger partial charge in [-0.05, 0) is 36.3 Å². The summed E-state index contributed by atoms with van der Waals surface area (Å²) in [6.45, 7) is 0. The molecule has 0 radical (unpaired) electrons. The third kappa shape index (κ3) is 3.62. The van der Waals surface area contributed by atoms with Crippen LogP contribution >= 0.6 is 0 Å². The van der Waals surface area contributed by atoms with Crippen molar-refractivity contribution >= 4 is 0 Å². The van der Waals surface area contributed by atoms with E-state index >= 15 is 0 Å². The van der Waals surface area contributed by atoms with E-state index in [1.165, 1.54) is 6.42 Å². The average Bonchev–Trinajstić information content (AvgIpc) is 2.64. The Morgan fingerprint density at radius 1 is 1.20 bits per heavy atom. The van der Waals surface area contributed by atoms with Gasteiger partial charge in [0.05, 0.1) is 0 Å². The largest absolute Gasteiger partial charge is 0.261 e. The Morgan fingerprint density at radius 3 is 2.90 bits per heavy atom. The number of rotatable bonds is 4. The van der Waals surface area contributed by atoms with Crippen molar-refractivity contribution in [3.05, 3.63) is 30.1 Å². The highest BCUT2D eigenvalue weighted by Gasteiger charge is 2.31. The summed E-state index contributed by atoms with van der Waals surface area (Å²) in [6.07, 6.45) is 2.23. The van der Waals surface area contributed by atoms with Crippen molar-refractivity contribution in [2.24, 2.45) is 17.7 Å². The molecule has 1 aromatic rings. The first-order chi connectivity index (χ1) is 12.2. The van der Waals surface area contributed by atoms with Crippen LogP contribution in [-0.2, 0) is 6.42 Å². The molecule has 1 heterocycles. The van der Waals surface area contributed by atoms with Crippen molar-refractivity contribution in [3.8, 4) is 0 Å². The van der Waals surface area contributed by atoms with Crippen molar-refractivity contribution in [3.63, 3.8) is 0 Å². The molecule has 0 aromatic carbocycles. The predicted octanol–water partition coefficient (Wildman–Crippen LogP) is 5.40. The molecule has 1 heteroatoms. The maximum absolute atomic E-state index is 9.19. The van der Waals surface area contributed by atoms with Crippen LogP contribution in [0.15, 0.2) is 24.4 Å². The van der Waals surface area contributed by atoms with Crippen molar-refractivity contribution in [2.45, 2.75) is 70.5 Å². The maximum atomic E-state index is 9.19. The van der Waals surface area contributed by atoms with Crippen molar-refractivity contribution in [1.82, 2.24) is 4.98 Å². The number of hydrogen-bond donors (Lipinski definition) is 0. The molecule has 3 unspecified atom stereocenters. The van der Waals surface area contributed by atoms with E-state index in [1.807, 2.05) is 18.2 Å². The molecule has 0 amide bonds. The smallest absolute Gasteiger partial charge is 0.0406 e. The van der Waals surface area contributed by atoms with Gasteiger partial charge in [0.15, 0.2) is 0 Å². The second-order valence-corrected chi connectivity index (χ2v) is 6.07. The first-order valence-electron chi connectivity index (χ1n) is 11.1. The molecule has 20 heavy (non-hydrogen) atoms. The van der Waals surface area contributed by atoms with Gasteiger partial charge in [0.2, 0.25) is 0 Å². The van der Waals surface area contributed by atoms with E-state index < -0.39 is 25.0 Å². The molecule has 0 bridgehead atoms. The van der Waals surface area contributed by atoms with E-state index in [0.717, 1.165) is 31.4 Å². The topological polar surface area (TPSA) is 12.9 Å². The van der Waals surface area contributed by atoms with Gasteiger partial charge in [-0.1, -0.05) is 70.2 Å². The van der Waals surface area contributed by atoms with Crippen molar-refractivity contribution < 1.29 is 8.22 Å². The van der Waals surface area contributed by atoms with Crippen LogP contribution in [0.5, 0.6) is 0 Å². The Bertz CT molecular complexity index is 601. The zero-order chi connectivity index (χ0) is 19.0. The van der Waals surface area contributed by atoms with E-state index in [2.05, 4.69) is 4.98 Å². The second kappa shape index (κ2) is 7.24. The molecule has 0 spiro atoms. The third-order valence-electron chi connectivity index (χ3n) is 4.71. The number of pyridine rings is 1. The van der Waals surface area contributed by atoms with Gasteiger partial charge >= 0.3 is 0 Å². The van der Waals surface area contributed by atoms with Gasteiger partial charge in [-0.2, -0.15) is 0 Å². The lowest BCUT2D eigenvalue weighted by atomic mass is 9.68. The van der Waals surface area contributed by atoms with Crippen LogP contribution in [-0.4, -0.2) is 4.98 Å². The minimum absolute atomic E-state index is 0.219. The van der Waals surface area contributed by atoms with Crippen LogP contribution in [0.3, 0.4) is 0 Å². The molecule has 1 nitrogen and oxygen atoms in total. The van der Waals surface area contributed by atoms with Gasteiger partial charge < -0.3 is 0 Å². The summed E-state index contributed by atoms with van der Waals surface area (Å²) in [5, 5.41) is 0. The van der Waals surface area contributed by atoms with Crippen LogP contribution in [0.2, 0.25) is 0 Å². The Hall–Kier alpha value is -0.850. The van der Waals surface area contributed by atoms with Crippen LogP contribution in [0.25, 0.3) is 0 Å². The maximum Gasteiger partial charge on any atom is 0.0406 e. The van der Waals surface area contributed by atoms with Gasteiger partial charge in [0.25, 0.3) is 0 Å². The Balaban J connectivity index is 1.99. The van der Waals surface area contributed by atoms with Gasteiger partial charge in [-0.3, -0.25) is 4.98 Å². The van der Waals surface area contributed by atoms with Crippen LogP contribution in [0, 0.1) is 17.7 Å². The van der Waals surface area contributed by atoms with Crippen molar-refractivity contribution in [1.29, 1.82) is 0 Å². The summed E-state index contributed by atoms with van der Waals surface area (Å²) < 4.78 is 50.9. The Kier molecular flexibility index (Phi) is 3.10. The lowest BCUT2D eigenvalue weighted by Crippen LogP contribution is -2.29.